The lowest BCUT2D eigenvalue weighted by Gasteiger charge is -2.39. The normalized spacial score (nSPS) is 28.2. The summed E-state index contributed by atoms with van der Waals surface area (Å²) in [6.07, 6.45) is 4.59. The van der Waals surface area contributed by atoms with Crippen molar-refractivity contribution in [1.82, 2.24) is 0 Å². The first-order valence-electron chi connectivity index (χ1n) is 5.47. The molecule has 1 atom stereocenters. The second-order valence-electron chi connectivity index (χ2n) is 4.98. The summed E-state index contributed by atoms with van der Waals surface area (Å²) < 4.78 is 0. The van der Waals surface area contributed by atoms with Crippen LogP contribution in [0.1, 0.15) is 41.2 Å². The Morgan fingerprint density at radius 3 is 2.79 bits per heavy atom. The fourth-order valence-electron chi connectivity index (χ4n) is 3.27. The van der Waals surface area contributed by atoms with Crippen LogP contribution in [0.15, 0.2) is 6.07 Å². The minimum atomic E-state index is -0.545. The SMILES string of the molecule is Cc1c2c(cc3c1C(C)(O)C3)CCC2. The van der Waals surface area contributed by atoms with Crippen LogP contribution in [0.25, 0.3) is 0 Å². The average molecular weight is 188 g/mol. The van der Waals surface area contributed by atoms with Crippen molar-refractivity contribution < 1.29 is 5.11 Å². The molecule has 1 unspecified atom stereocenters. The van der Waals surface area contributed by atoms with Gasteiger partial charge in [0.05, 0.1) is 5.60 Å². The highest BCUT2D eigenvalue weighted by molar-refractivity contribution is 5.55. The van der Waals surface area contributed by atoms with E-state index in [4.69, 9.17) is 0 Å². The Hall–Kier alpha value is -0.820. The highest BCUT2D eigenvalue weighted by Crippen LogP contribution is 2.44. The minimum absolute atomic E-state index is 0.545. The van der Waals surface area contributed by atoms with Crippen molar-refractivity contribution in [2.75, 3.05) is 0 Å². The summed E-state index contributed by atoms with van der Waals surface area (Å²) in [5.41, 5.74) is 6.48. The van der Waals surface area contributed by atoms with Crippen molar-refractivity contribution >= 4 is 0 Å². The van der Waals surface area contributed by atoms with Gasteiger partial charge in [-0.2, -0.15) is 0 Å². The first-order valence-corrected chi connectivity index (χ1v) is 5.47. The third-order valence-corrected chi connectivity index (χ3v) is 3.83. The molecule has 1 N–H and O–H groups in total. The predicted molar refractivity (Wildman–Crippen MR) is 56.5 cm³/mol. The van der Waals surface area contributed by atoms with Gasteiger partial charge in [0, 0.05) is 6.42 Å². The fraction of sp³-hybridized carbons (Fsp3) is 0.538. The molecule has 0 aromatic heterocycles. The van der Waals surface area contributed by atoms with E-state index < -0.39 is 5.60 Å². The van der Waals surface area contributed by atoms with Gasteiger partial charge >= 0.3 is 0 Å². The number of rotatable bonds is 0. The van der Waals surface area contributed by atoms with Gasteiger partial charge in [0.25, 0.3) is 0 Å². The molecule has 1 aromatic carbocycles. The Bertz CT molecular complexity index is 416. The Kier molecular flexibility index (Phi) is 1.46. The van der Waals surface area contributed by atoms with E-state index in [-0.39, 0.29) is 0 Å². The molecule has 74 valence electrons. The van der Waals surface area contributed by atoms with E-state index in [1.807, 2.05) is 6.92 Å². The highest BCUT2D eigenvalue weighted by atomic mass is 16.3. The molecular weight excluding hydrogens is 172 g/mol. The topological polar surface area (TPSA) is 20.2 Å². The zero-order valence-corrected chi connectivity index (χ0v) is 8.85. The summed E-state index contributed by atoms with van der Waals surface area (Å²) in [5.74, 6) is 0. The Balaban J connectivity index is 2.25. The summed E-state index contributed by atoms with van der Waals surface area (Å²) in [7, 11) is 0. The monoisotopic (exact) mass is 188 g/mol. The van der Waals surface area contributed by atoms with Gasteiger partial charge in [0.15, 0.2) is 0 Å². The van der Waals surface area contributed by atoms with Crippen molar-refractivity contribution in [3.05, 3.63) is 33.9 Å². The quantitative estimate of drug-likeness (QED) is 0.662. The molecule has 0 saturated carbocycles. The van der Waals surface area contributed by atoms with Gasteiger partial charge in [0.2, 0.25) is 0 Å². The first kappa shape index (κ1) is 8.49. The van der Waals surface area contributed by atoms with Crippen molar-refractivity contribution in [2.24, 2.45) is 0 Å². The zero-order chi connectivity index (χ0) is 9.92. The lowest BCUT2D eigenvalue weighted by atomic mass is 9.70. The van der Waals surface area contributed by atoms with Crippen molar-refractivity contribution in [3.8, 4) is 0 Å². The molecule has 1 nitrogen and oxygen atoms in total. The maximum Gasteiger partial charge on any atom is 0.0914 e. The summed E-state index contributed by atoms with van der Waals surface area (Å²) in [6.45, 7) is 4.11. The Morgan fingerprint density at radius 2 is 2.07 bits per heavy atom. The van der Waals surface area contributed by atoms with Crippen LogP contribution in [0.5, 0.6) is 0 Å². The van der Waals surface area contributed by atoms with Crippen LogP contribution in [0.2, 0.25) is 0 Å². The van der Waals surface area contributed by atoms with Gasteiger partial charge in [0.1, 0.15) is 0 Å². The Morgan fingerprint density at radius 1 is 1.29 bits per heavy atom. The molecule has 0 spiro atoms. The van der Waals surface area contributed by atoms with Crippen LogP contribution < -0.4 is 0 Å². The molecule has 0 fully saturated rings. The number of hydrogen-bond donors (Lipinski definition) is 1. The van der Waals surface area contributed by atoms with Gasteiger partial charge in [-0.15, -0.1) is 0 Å². The molecule has 0 radical (unpaired) electrons. The molecule has 1 heteroatoms. The van der Waals surface area contributed by atoms with Gasteiger partial charge in [-0.3, -0.25) is 0 Å². The van der Waals surface area contributed by atoms with E-state index in [0.717, 1.165) is 6.42 Å². The second-order valence-corrected chi connectivity index (χ2v) is 4.98. The summed E-state index contributed by atoms with van der Waals surface area (Å²) >= 11 is 0. The second kappa shape index (κ2) is 2.40. The standard InChI is InChI=1S/C13H16O/c1-8-11-5-3-4-9(11)6-10-7-13(2,14)12(8)10/h6,14H,3-5,7H2,1-2H3. The summed E-state index contributed by atoms with van der Waals surface area (Å²) in [4.78, 5) is 0. The molecule has 0 amide bonds. The zero-order valence-electron chi connectivity index (χ0n) is 8.85. The van der Waals surface area contributed by atoms with Crippen LogP contribution in [0.4, 0.5) is 0 Å². The van der Waals surface area contributed by atoms with E-state index in [2.05, 4.69) is 13.0 Å². The van der Waals surface area contributed by atoms with E-state index in [1.54, 1.807) is 0 Å². The van der Waals surface area contributed by atoms with E-state index >= 15 is 0 Å². The summed E-state index contributed by atoms with van der Waals surface area (Å²) in [6, 6.07) is 2.32. The van der Waals surface area contributed by atoms with E-state index in [9.17, 15) is 5.11 Å². The molecule has 2 aliphatic rings. The lowest BCUT2D eigenvalue weighted by molar-refractivity contribution is 0.0320. The van der Waals surface area contributed by atoms with Crippen molar-refractivity contribution in [3.63, 3.8) is 0 Å². The predicted octanol–water partition coefficient (Wildman–Crippen LogP) is 2.25. The van der Waals surface area contributed by atoms with Crippen LogP contribution in [0.3, 0.4) is 0 Å². The number of aliphatic hydroxyl groups is 1. The van der Waals surface area contributed by atoms with Crippen LogP contribution in [0, 0.1) is 6.92 Å². The fourth-order valence-corrected chi connectivity index (χ4v) is 3.27. The van der Waals surface area contributed by atoms with Crippen molar-refractivity contribution in [2.45, 2.75) is 45.1 Å². The third-order valence-electron chi connectivity index (χ3n) is 3.83. The highest BCUT2D eigenvalue weighted by Gasteiger charge is 2.39. The van der Waals surface area contributed by atoms with Gasteiger partial charge < -0.3 is 5.11 Å². The number of fused-ring (bicyclic) bond motifs is 2. The minimum Gasteiger partial charge on any atom is -0.385 e. The summed E-state index contributed by atoms with van der Waals surface area (Å²) in [5, 5.41) is 10.1. The van der Waals surface area contributed by atoms with Gasteiger partial charge in [-0.25, -0.2) is 0 Å². The third kappa shape index (κ3) is 0.885. The molecule has 0 heterocycles. The van der Waals surface area contributed by atoms with E-state index in [1.165, 1.54) is 47.1 Å². The first-order chi connectivity index (χ1) is 6.59. The number of aryl methyl sites for hydroxylation is 1. The smallest absolute Gasteiger partial charge is 0.0914 e. The lowest BCUT2D eigenvalue weighted by Crippen LogP contribution is -2.37. The maximum atomic E-state index is 10.1. The Labute approximate surface area is 84.8 Å². The molecule has 14 heavy (non-hydrogen) atoms. The molecule has 3 rings (SSSR count). The van der Waals surface area contributed by atoms with Crippen molar-refractivity contribution in [1.29, 1.82) is 0 Å². The largest absolute Gasteiger partial charge is 0.385 e. The van der Waals surface area contributed by atoms with Crippen LogP contribution >= 0.6 is 0 Å². The van der Waals surface area contributed by atoms with E-state index in [0.29, 0.717) is 0 Å². The molecule has 0 aliphatic heterocycles. The van der Waals surface area contributed by atoms with Gasteiger partial charge in [-0.1, -0.05) is 6.07 Å². The molecule has 0 saturated heterocycles. The molecule has 2 aliphatic carbocycles. The molecule has 0 bridgehead atoms. The van der Waals surface area contributed by atoms with Crippen LogP contribution in [-0.4, -0.2) is 5.11 Å². The number of hydrogen-bond acceptors (Lipinski definition) is 1. The van der Waals surface area contributed by atoms with Gasteiger partial charge in [-0.05, 0) is 60.9 Å². The van der Waals surface area contributed by atoms with Crippen LogP contribution in [-0.2, 0) is 24.9 Å². The molecular formula is C13H16O. The maximum absolute atomic E-state index is 10.1. The number of benzene rings is 1. The molecule has 1 aromatic rings. The average Bonchev–Trinajstić information content (AvgIpc) is 2.49.